The molecule has 0 aliphatic heterocycles. The molecule has 19 heavy (non-hydrogen) atoms. The molecule has 0 unspecified atom stereocenters. The van der Waals surface area contributed by atoms with Gasteiger partial charge < -0.3 is 5.32 Å². The van der Waals surface area contributed by atoms with Crippen LogP contribution < -0.4 is 5.32 Å². The van der Waals surface area contributed by atoms with Crippen molar-refractivity contribution in [3.05, 3.63) is 36.0 Å². The van der Waals surface area contributed by atoms with Gasteiger partial charge in [0.15, 0.2) is 0 Å². The number of aromatic nitrogens is 1. The summed E-state index contributed by atoms with van der Waals surface area (Å²) in [6.07, 6.45) is 3.95. The third-order valence-electron chi connectivity index (χ3n) is 3.16. The molecule has 1 heterocycles. The van der Waals surface area contributed by atoms with E-state index in [1.54, 1.807) is 6.20 Å². The van der Waals surface area contributed by atoms with Gasteiger partial charge in [-0.1, -0.05) is 32.0 Å². The van der Waals surface area contributed by atoms with Gasteiger partial charge in [-0.2, -0.15) is 5.26 Å². The van der Waals surface area contributed by atoms with Crippen molar-refractivity contribution >= 4 is 16.6 Å². The van der Waals surface area contributed by atoms with E-state index in [0.717, 1.165) is 29.6 Å². The van der Waals surface area contributed by atoms with Gasteiger partial charge in [0, 0.05) is 18.1 Å². The summed E-state index contributed by atoms with van der Waals surface area (Å²) in [5.41, 5.74) is 2.45. The van der Waals surface area contributed by atoms with Gasteiger partial charge in [0.05, 0.1) is 16.8 Å². The Bertz CT molecular complexity index is 596. The maximum Gasteiger partial charge on any atom is 0.103 e. The van der Waals surface area contributed by atoms with E-state index in [0.29, 0.717) is 11.5 Å². The maximum atomic E-state index is 9.19. The van der Waals surface area contributed by atoms with Gasteiger partial charge in [-0.15, -0.1) is 0 Å². The fraction of sp³-hybridized carbons (Fsp3) is 0.375. The molecular formula is C16H19N3. The Hall–Kier alpha value is -2.08. The topological polar surface area (TPSA) is 48.7 Å². The highest BCUT2D eigenvalue weighted by molar-refractivity contribution is 5.93. The van der Waals surface area contributed by atoms with Crippen LogP contribution in [0.2, 0.25) is 0 Å². The maximum absolute atomic E-state index is 9.19. The van der Waals surface area contributed by atoms with Gasteiger partial charge in [0.1, 0.15) is 6.07 Å². The molecule has 0 saturated heterocycles. The Morgan fingerprint density at radius 3 is 2.84 bits per heavy atom. The number of hydrogen-bond donors (Lipinski definition) is 1. The van der Waals surface area contributed by atoms with Crippen molar-refractivity contribution in [3.63, 3.8) is 0 Å². The van der Waals surface area contributed by atoms with Gasteiger partial charge in [0.25, 0.3) is 0 Å². The highest BCUT2D eigenvalue weighted by atomic mass is 14.9. The smallest absolute Gasteiger partial charge is 0.103 e. The second-order valence-corrected chi connectivity index (χ2v) is 5.14. The fourth-order valence-corrected chi connectivity index (χ4v) is 2.14. The van der Waals surface area contributed by atoms with Crippen LogP contribution >= 0.6 is 0 Å². The van der Waals surface area contributed by atoms with Crippen LogP contribution in [0.5, 0.6) is 0 Å². The van der Waals surface area contributed by atoms with Crippen LogP contribution in [0, 0.1) is 17.2 Å². The number of nitrogens with one attached hydrogen (secondary N) is 1. The van der Waals surface area contributed by atoms with Crippen molar-refractivity contribution in [2.45, 2.75) is 26.7 Å². The lowest BCUT2D eigenvalue weighted by atomic mass is 10.1. The van der Waals surface area contributed by atoms with E-state index in [9.17, 15) is 5.26 Å². The molecule has 2 rings (SSSR count). The summed E-state index contributed by atoms with van der Waals surface area (Å²) in [4.78, 5) is 4.31. The van der Waals surface area contributed by atoms with Crippen molar-refractivity contribution in [1.29, 1.82) is 5.26 Å². The first-order chi connectivity index (χ1) is 9.22. The van der Waals surface area contributed by atoms with Crippen LogP contribution in [-0.4, -0.2) is 11.5 Å². The number of nitrogens with zero attached hydrogens (tertiary/aromatic N) is 2. The molecule has 3 nitrogen and oxygen atoms in total. The number of fused-ring (bicyclic) bond motifs is 1. The average Bonchev–Trinajstić information content (AvgIpc) is 2.43. The van der Waals surface area contributed by atoms with Crippen LogP contribution in [0.1, 0.15) is 32.3 Å². The summed E-state index contributed by atoms with van der Waals surface area (Å²) >= 11 is 0. The summed E-state index contributed by atoms with van der Waals surface area (Å²) < 4.78 is 0. The zero-order chi connectivity index (χ0) is 13.7. The number of rotatable bonds is 5. The molecule has 2 aromatic rings. The molecule has 3 heteroatoms. The SMILES string of the molecule is CC(C)CCCNc1c(C#N)cnc2ccccc12. The quantitative estimate of drug-likeness (QED) is 0.821. The second-order valence-electron chi connectivity index (χ2n) is 5.14. The van der Waals surface area contributed by atoms with E-state index in [2.05, 4.69) is 30.2 Å². The lowest BCUT2D eigenvalue weighted by Crippen LogP contribution is -2.05. The molecule has 1 aromatic heterocycles. The van der Waals surface area contributed by atoms with Crippen molar-refractivity contribution in [2.24, 2.45) is 5.92 Å². The molecule has 0 bridgehead atoms. The predicted octanol–water partition coefficient (Wildman–Crippen LogP) is 3.95. The number of hydrogen-bond acceptors (Lipinski definition) is 3. The Morgan fingerprint density at radius 2 is 2.11 bits per heavy atom. The van der Waals surface area contributed by atoms with Crippen LogP contribution in [0.25, 0.3) is 10.9 Å². The van der Waals surface area contributed by atoms with Crippen molar-refractivity contribution in [3.8, 4) is 6.07 Å². The van der Waals surface area contributed by atoms with Crippen molar-refractivity contribution in [2.75, 3.05) is 11.9 Å². The highest BCUT2D eigenvalue weighted by Gasteiger charge is 2.07. The first-order valence-electron chi connectivity index (χ1n) is 6.74. The monoisotopic (exact) mass is 253 g/mol. The number of pyridine rings is 1. The third-order valence-corrected chi connectivity index (χ3v) is 3.16. The summed E-state index contributed by atoms with van der Waals surface area (Å²) in [7, 11) is 0. The second kappa shape index (κ2) is 6.19. The standard InChI is InChI=1S/C16H19N3/c1-12(2)6-5-9-18-16-13(10-17)11-19-15-8-4-3-7-14(15)16/h3-4,7-8,11-12H,5-6,9H2,1-2H3,(H,18,19). The molecule has 0 saturated carbocycles. The number of para-hydroxylation sites is 1. The molecule has 0 fully saturated rings. The van der Waals surface area contributed by atoms with Crippen LogP contribution in [-0.2, 0) is 0 Å². The highest BCUT2D eigenvalue weighted by Crippen LogP contribution is 2.25. The Kier molecular flexibility index (Phi) is 4.35. The summed E-state index contributed by atoms with van der Waals surface area (Å²) in [6, 6.07) is 10.1. The fourth-order valence-electron chi connectivity index (χ4n) is 2.14. The van der Waals surface area contributed by atoms with Crippen molar-refractivity contribution in [1.82, 2.24) is 4.98 Å². The van der Waals surface area contributed by atoms with E-state index in [1.807, 2.05) is 24.3 Å². The minimum absolute atomic E-state index is 0.614. The molecule has 1 aromatic carbocycles. The largest absolute Gasteiger partial charge is 0.383 e. The van der Waals surface area contributed by atoms with Gasteiger partial charge in [0.2, 0.25) is 0 Å². The molecule has 0 radical (unpaired) electrons. The van der Waals surface area contributed by atoms with Gasteiger partial charge >= 0.3 is 0 Å². The number of anilines is 1. The zero-order valence-electron chi connectivity index (χ0n) is 11.5. The van der Waals surface area contributed by atoms with Gasteiger partial charge in [-0.05, 0) is 24.8 Å². The molecule has 1 N–H and O–H groups in total. The molecule has 0 aliphatic rings. The minimum atomic E-state index is 0.614. The average molecular weight is 253 g/mol. The normalized spacial score (nSPS) is 10.6. The Morgan fingerprint density at radius 1 is 1.32 bits per heavy atom. The summed E-state index contributed by atoms with van der Waals surface area (Å²) in [6.45, 7) is 5.34. The van der Waals surface area contributed by atoms with Crippen molar-refractivity contribution < 1.29 is 0 Å². The molecular weight excluding hydrogens is 234 g/mol. The van der Waals surface area contributed by atoms with Gasteiger partial charge in [-0.3, -0.25) is 4.98 Å². The summed E-state index contributed by atoms with van der Waals surface area (Å²) in [5.74, 6) is 0.714. The van der Waals surface area contributed by atoms with Crippen LogP contribution in [0.4, 0.5) is 5.69 Å². The number of nitriles is 1. The molecule has 0 atom stereocenters. The van der Waals surface area contributed by atoms with Crippen LogP contribution in [0.3, 0.4) is 0 Å². The van der Waals surface area contributed by atoms with E-state index >= 15 is 0 Å². The molecule has 98 valence electrons. The lowest BCUT2D eigenvalue weighted by Gasteiger charge is -2.11. The molecule has 0 amide bonds. The first kappa shape index (κ1) is 13.4. The third kappa shape index (κ3) is 3.23. The molecule has 0 spiro atoms. The predicted molar refractivity (Wildman–Crippen MR) is 79.0 cm³/mol. The van der Waals surface area contributed by atoms with Crippen LogP contribution in [0.15, 0.2) is 30.5 Å². The van der Waals surface area contributed by atoms with E-state index in [-0.39, 0.29) is 0 Å². The zero-order valence-corrected chi connectivity index (χ0v) is 11.5. The van der Waals surface area contributed by atoms with E-state index < -0.39 is 0 Å². The Balaban J connectivity index is 2.22. The summed E-state index contributed by atoms with van der Waals surface area (Å²) in [5, 5.41) is 13.6. The first-order valence-corrected chi connectivity index (χ1v) is 6.74. The molecule has 0 aliphatic carbocycles. The van der Waals surface area contributed by atoms with E-state index in [4.69, 9.17) is 0 Å². The number of benzene rings is 1. The van der Waals surface area contributed by atoms with E-state index in [1.165, 1.54) is 6.42 Å². The Labute approximate surface area is 114 Å². The van der Waals surface area contributed by atoms with Gasteiger partial charge in [-0.25, -0.2) is 0 Å². The minimum Gasteiger partial charge on any atom is -0.383 e. The lowest BCUT2D eigenvalue weighted by molar-refractivity contribution is 0.567.